The number of benzene rings is 3. The van der Waals surface area contributed by atoms with Gasteiger partial charge in [0.1, 0.15) is 35.7 Å². The van der Waals surface area contributed by atoms with Crippen molar-refractivity contribution in [2.75, 3.05) is 26.4 Å². The lowest BCUT2D eigenvalue weighted by Gasteiger charge is -2.31. The van der Waals surface area contributed by atoms with Gasteiger partial charge in [-0.05, 0) is 98.3 Å². The van der Waals surface area contributed by atoms with Crippen LogP contribution < -0.4 is 9.47 Å². The molecule has 0 spiro atoms. The molecule has 5 nitrogen and oxygen atoms in total. The SMILES string of the molecule is CC1=C(c2cccc(O)c2)C(c2ccc(OC[C@H](C)N3CCCC[C@@H](CF)C3)cc2)Oc2ccc(O)cc21. The maximum atomic E-state index is 13.3. The minimum absolute atomic E-state index is 0.126. The Balaban J connectivity index is 1.35. The molecule has 0 bridgehead atoms. The molecule has 1 saturated heterocycles. The molecule has 200 valence electrons. The van der Waals surface area contributed by atoms with Crippen molar-refractivity contribution in [2.45, 2.75) is 45.3 Å². The minimum Gasteiger partial charge on any atom is -0.508 e. The molecule has 0 aliphatic carbocycles. The Hall–Kier alpha value is -3.51. The van der Waals surface area contributed by atoms with E-state index in [0.717, 1.165) is 65.9 Å². The molecule has 2 heterocycles. The molecule has 6 heteroatoms. The lowest BCUT2D eigenvalue weighted by atomic mass is 9.86. The van der Waals surface area contributed by atoms with Crippen molar-refractivity contribution < 1.29 is 24.1 Å². The topological polar surface area (TPSA) is 62.2 Å². The van der Waals surface area contributed by atoms with E-state index in [4.69, 9.17) is 9.47 Å². The Bertz CT molecular complexity index is 1290. The molecule has 38 heavy (non-hydrogen) atoms. The number of hydrogen-bond donors (Lipinski definition) is 2. The van der Waals surface area contributed by atoms with Crippen molar-refractivity contribution >= 4 is 11.1 Å². The Morgan fingerprint density at radius 2 is 1.82 bits per heavy atom. The van der Waals surface area contributed by atoms with Crippen molar-refractivity contribution in [3.05, 3.63) is 83.4 Å². The van der Waals surface area contributed by atoms with Gasteiger partial charge in [-0.3, -0.25) is 9.29 Å². The van der Waals surface area contributed by atoms with Crippen LogP contribution in [0.25, 0.3) is 11.1 Å². The number of phenols is 2. The highest BCUT2D eigenvalue weighted by atomic mass is 19.1. The van der Waals surface area contributed by atoms with Crippen molar-refractivity contribution in [2.24, 2.45) is 5.92 Å². The van der Waals surface area contributed by atoms with E-state index in [2.05, 4.69) is 11.8 Å². The maximum absolute atomic E-state index is 13.3. The van der Waals surface area contributed by atoms with Crippen LogP contribution in [0.4, 0.5) is 4.39 Å². The average molecular weight is 518 g/mol. The number of aromatic hydroxyl groups is 2. The van der Waals surface area contributed by atoms with E-state index in [1.54, 1.807) is 30.3 Å². The Labute approximate surface area is 224 Å². The van der Waals surface area contributed by atoms with Gasteiger partial charge in [0.2, 0.25) is 0 Å². The van der Waals surface area contributed by atoms with Crippen LogP contribution in [0.15, 0.2) is 66.7 Å². The fourth-order valence-corrected chi connectivity index (χ4v) is 5.57. The standard InChI is InChI=1S/C32H36FNO4/c1-21(34-15-4-3-6-23(18-33)19-34)20-37-28-12-9-24(10-13-28)32-31(25-7-5-8-26(35)16-25)22(2)29-17-27(36)11-14-30(29)38-32/h5,7-14,16-17,21,23,32,35-36H,3-4,6,15,18-20H2,1-2H3/t21-,23-,32?/m0/s1. The molecule has 0 radical (unpaired) electrons. The lowest BCUT2D eigenvalue weighted by molar-refractivity contribution is 0.129. The number of nitrogens with zero attached hydrogens (tertiary/aromatic N) is 1. The number of fused-ring (bicyclic) bond motifs is 1. The van der Waals surface area contributed by atoms with E-state index >= 15 is 0 Å². The molecular weight excluding hydrogens is 481 g/mol. The third-order valence-electron chi connectivity index (χ3n) is 7.75. The number of phenolic OH excluding ortho intramolecular Hbond substituents is 2. The quantitative estimate of drug-likeness (QED) is 0.353. The molecule has 2 N–H and O–H groups in total. The van der Waals surface area contributed by atoms with Crippen LogP contribution in [-0.4, -0.2) is 47.5 Å². The predicted molar refractivity (Wildman–Crippen MR) is 148 cm³/mol. The zero-order chi connectivity index (χ0) is 26.6. The second-order valence-corrected chi connectivity index (χ2v) is 10.5. The van der Waals surface area contributed by atoms with Gasteiger partial charge < -0.3 is 19.7 Å². The number of allylic oxidation sites excluding steroid dienone is 1. The van der Waals surface area contributed by atoms with Crippen LogP contribution >= 0.6 is 0 Å². The first kappa shape index (κ1) is 26.1. The summed E-state index contributed by atoms with van der Waals surface area (Å²) in [5.41, 5.74) is 4.57. The van der Waals surface area contributed by atoms with Gasteiger partial charge in [-0.25, -0.2) is 0 Å². The summed E-state index contributed by atoms with van der Waals surface area (Å²) in [6, 6.07) is 20.4. The number of ether oxygens (including phenoxy) is 2. The number of rotatable bonds is 7. The van der Waals surface area contributed by atoms with Crippen LogP contribution in [0.3, 0.4) is 0 Å². The van der Waals surface area contributed by atoms with Crippen molar-refractivity contribution in [3.63, 3.8) is 0 Å². The van der Waals surface area contributed by atoms with Gasteiger partial charge in [0, 0.05) is 23.7 Å². The van der Waals surface area contributed by atoms with Gasteiger partial charge in [0.15, 0.2) is 0 Å². The largest absolute Gasteiger partial charge is 0.508 e. The number of halogens is 1. The number of likely N-dealkylation sites (tertiary alicyclic amines) is 1. The molecule has 0 aromatic heterocycles. The molecule has 1 unspecified atom stereocenters. The summed E-state index contributed by atoms with van der Waals surface area (Å²) in [6.45, 7) is 6.24. The third-order valence-corrected chi connectivity index (χ3v) is 7.75. The van der Waals surface area contributed by atoms with E-state index in [1.165, 1.54) is 0 Å². The average Bonchev–Trinajstić information content (AvgIpc) is 3.18. The third kappa shape index (κ3) is 5.65. The normalized spacial score (nSPS) is 20.8. The van der Waals surface area contributed by atoms with Gasteiger partial charge in [-0.1, -0.05) is 30.7 Å². The molecule has 2 aliphatic heterocycles. The maximum Gasteiger partial charge on any atom is 0.150 e. The van der Waals surface area contributed by atoms with E-state index < -0.39 is 6.10 Å². The van der Waals surface area contributed by atoms with E-state index in [9.17, 15) is 14.6 Å². The molecule has 2 aliphatic rings. The van der Waals surface area contributed by atoms with Crippen LogP contribution in [0.2, 0.25) is 0 Å². The van der Waals surface area contributed by atoms with Gasteiger partial charge in [0.05, 0.1) is 6.67 Å². The molecule has 0 saturated carbocycles. The highest BCUT2D eigenvalue weighted by Crippen LogP contribution is 2.47. The second-order valence-electron chi connectivity index (χ2n) is 10.5. The fourth-order valence-electron chi connectivity index (χ4n) is 5.57. The lowest BCUT2D eigenvalue weighted by Crippen LogP contribution is -2.40. The minimum atomic E-state index is -0.392. The van der Waals surface area contributed by atoms with E-state index in [1.807, 2.05) is 43.3 Å². The van der Waals surface area contributed by atoms with E-state index in [-0.39, 0.29) is 30.1 Å². The molecule has 3 atom stereocenters. The summed E-state index contributed by atoms with van der Waals surface area (Å²) in [4.78, 5) is 2.35. The first-order valence-electron chi connectivity index (χ1n) is 13.5. The summed E-state index contributed by atoms with van der Waals surface area (Å²) in [7, 11) is 0. The molecule has 5 rings (SSSR count). The Morgan fingerprint density at radius 3 is 2.58 bits per heavy atom. The zero-order valence-electron chi connectivity index (χ0n) is 22.1. The summed E-state index contributed by atoms with van der Waals surface area (Å²) < 4.78 is 25.9. The first-order chi connectivity index (χ1) is 18.4. The van der Waals surface area contributed by atoms with Gasteiger partial charge >= 0.3 is 0 Å². The second kappa shape index (κ2) is 11.5. The number of alkyl halides is 1. The van der Waals surface area contributed by atoms with Crippen molar-refractivity contribution in [3.8, 4) is 23.0 Å². The molecule has 0 amide bonds. The predicted octanol–water partition coefficient (Wildman–Crippen LogP) is 7.00. The van der Waals surface area contributed by atoms with Crippen molar-refractivity contribution in [1.29, 1.82) is 0 Å². The fraction of sp³-hybridized carbons (Fsp3) is 0.375. The monoisotopic (exact) mass is 517 g/mol. The highest BCUT2D eigenvalue weighted by Gasteiger charge is 2.30. The van der Waals surface area contributed by atoms with Crippen LogP contribution in [0.1, 0.15) is 55.9 Å². The van der Waals surface area contributed by atoms with Gasteiger partial charge in [0.25, 0.3) is 0 Å². The summed E-state index contributed by atoms with van der Waals surface area (Å²) in [5, 5.41) is 20.2. The van der Waals surface area contributed by atoms with Gasteiger partial charge in [-0.15, -0.1) is 0 Å². The highest BCUT2D eigenvalue weighted by molar-refractivity contribution is 5.95. The van der Waals surface area contributed by atoms with Gasteiger partial charge in [-0.2, -0.15) is 0 Å². The number of hydrogen-bond acceptors (Lipinski definition) is 5. The molecule has 3 aromatic carbocycles. The first-order valence-corrected chi connectivity index (χ1v) is 13.5. The van der Waals surface area contributed by atoms with Crippen LogP contribution in [0, 0.1) is 5.92 Å². The summed E-state index contributed by atoms with van der Waals surface area (Å²) >= 11 is 0. The van der Waals surface area contributed by atoms with Crippen molar-refractivity contribution in [1.82, 2.24) is 4.90 Å². The Morgan fingerprint density at radius 1 is 1.03 bits per heavy atom. The molecule has 3 aromatic rings. The smallest absolute Gasteiger partial charge is 0.150 e. The zero-order valence-corrected chi connectivity index (χ0v) is 22.1. The molecular formula is C32H36FNO4. The summed E-state index contributed by atoms with van der Waals surface area (Å²) in [5.74, 6) is 1.96. The van der Waals surface area contributed by atoms with Crippen LogP contribution in [0.5, 0.6) is 23.0 Å². The van der Waals surface area contributed by atoms with Crippen LogP contribution in [-0.2, 0) is 0 Å². The van der Waals surface area contributed by atoms with E-state index in [0.29, 0.717) is 12.4 Å². The summed E-state index contributed by atoms with van der Waals surface area (Å²) in [6.07, 6.45) is 2.77. The molecule has 1 fully saturated rings. The Kier molecular flexibility index (Phi) is 7.89.